The Morgan fingerprint density at radius 2 is 1.77 bits per heavy atom. The maximum atomic E-state index is 12.9. The molecule has 0 radical (unpaired) electrons. The summed E-state index contributed by atoms with van der Waals surface area (Å²) in [5, 5.41) is 2.73. The van der Waals surface area contributed by atoms with Gasteiger partial charge in [0.1, 0.15) is 11.4 Å². The Labute approximate surface area is 177 Å². The summed E-state index contributed by atoms with van der Waals surface area (Å²) < 4.78 is 28.4. The van der Waals surface area contributed by atoms with Gasteiger partial charge >= 0.3 is 0 Å². The molecule has 1 aliphatic rings. The number of hydrogen-bond donors (Lipinski definition) is 1. The minimum atomic E-state index is -3.88. The molecule has 1 N–H and O–H groups in total. The molecule has 1 aliphatic heterocycles. The van der Waals surface area contributed by atoms with Crippen molar-refractivity contribution in [2.45, 2.75) is 31.2 Å². The lowest BCUT2D eigenvalue weighted by molar-refractivity contribution is -0.116. The SMILES string of the molecule is CC1CCN(S(=O)(=O)c2cccn(CC(=O)Nc3ccc(N(C)C)cc3)c2=O)CC1. The van der Waals surface area contributed by atoms with Crippen LogP contribution in [0.25, 0.3) is 0 Å². The number of amides is 1. The van der Waals surface area contributed by atoms with Gasteiger partial charge < -0.3 is 14.8 Å². The molecule has 0 saturated carbocycles. The highest BCUT2D eigenvalue weighted by molar-refractivity contribution is 7.89. The Morgan fingerprint density at radius 3 is 2.37 bits per heavy atom. The third kappa shape index (κ3) is 4.91. The number of sulfonamides is 1. The summed E-state index contributed by atoms with van der Waals surface area (Å²) in [4.78, 5) is 26.9. The number of rotatable bonds is 6. The van der Waals surface area contributed by atoms with Crippen molar-refractivity contribution >= 4 is 27.3 Å². The van der Waals surface area contributed by atoms with E-state index in [0.717, 1.165) is 23.1 Å². The number of benzene rings is 1. The highest BCUT2D eigenvalue weighted by atomic mass is 32.2. The van der Waals surface area contributed by atoms with Crippen molar-refractivity contribution in [1.29, 1.82) is 0 Å². The summed E-state index contributed by atoms with van der Waals surface area (Å²) in [6.07, 6.45) is 2.97. The lowest BCUT2D eigenvalue weighted by Gasteiger charge is -2.29. The van der Waals surface area contributed by atoms with Crippen molar-refractivity contribution in [3.8, 4) is 0 Å². The summed E-state index contributed by atoms with van der Waals surface area (Å²) in [6, 6.07) is 10.1. The quantitative estimate of drug-likeness (QED) is 0.754. The molecule has 9 heteroatoms. The van der Waals surface area contributed by atoms with E-state index < -0.39 is 21.5 Å². The summed E-state index contributed by atoms with van der Waals surface area (Å²) in [7, 11) is -0.0383. The number of nitrogens with zero attached hydrogens (tertiary/aromatic N) is 3. The lowest BCUT2D eigenvalue weighted by Crippen LogP contribution is -2.41. The van der Waals surface area contributed by atoms with E-state index in [0.29, 0.717) is 24.7 Å². The maximum absolute atomic E-state index is 12.9. The zero-order chi connectivity index (χ0) is 21.9. The van der Waals surface area contributed by atoms with Crippen molar-refractivity contribution in [3.05, 3.63) is 52.9 Å². The minimum absolute atomic E-state index is 0.269. The van der Waals surface area contributed by atoms with E-state index in [1.54, 1.807) is 12.1 Å². The van der Waals surface area contributed by atoms with Crippen molar-refractivity contribution < 1.29 is 13.2 Å². The topological polar surface area (TPSA) is 91.7 Å². The van der Waals surface area contributed by atoms with Crippen molar-refractivity contribution in [1.82, 2.24) is 8.87 Å². The first kappa shape index (κ1) is 22.0. The first-order chi connectivity index (χ1) is 14.2. The van der Waals surface area contributed by atoms with Crippen molar-refractivity contribution in [2.75, 3.05) is 37.4 Å². The van der Waals surface area contributed by atoms with Crippen LogP contribution >= 0.6 is 0 Å². The van der Waals surface area contributed by atoms with Gasteiger partial charge in [-0.25, -0.2) is 8.42 Å². The molecule has 2 heterocycles. The molecule has 1 aromatic heterocycles. The molecule has 1 aromatic carbocycles. The highest BCUT2D eigenvalue weighted by Crippen LogP contribution is 2.22. The van der Waals surface area contributed by atoms with E-state index in [1.165, 1.54) is 22.6 Å². The van der Waals surface area contributed by atoms with Crippen LogP contribution in [0.1, 0.15) is 19.8 Å². The van der Waals surface area contributed by atoms with E-state index >= 15 is 0 Å². The molecule has 0 spiro atoms. The molecule has 0 bridgehead atoms. The summed E-state index contributed by atoms with van der Waals surface area (Å²) in [5.41, 5.74) is 0.910. The smallest absolute Gasteiger partial charge is 0.271 e. The molecule has 0 aliphatic carbocycles. The highest BCUT2D eigenvalue weighted by Gasteiger charge is 2.30. The fourth-order valence-corrected chi connectivity index (χ4v) is 4.96. The second-order valence-corrected chi connectivity index (χ2v) is 9.79. The summed E-state index contributed by atoms with van der Waals surface area (Å²) >= 11 is 0. The van der Waals surface area contributed by atoms with Crippen molar-refractivity contribution in [2.24, 2.45) is 5.92 Å². The number of nitrogens with one attached hydrogen (secondary N) is 1. The second-order valence-electron chi connectivity index (χ2n) is 7.88. The predicted octanol–water partition coefficient (Wildman–Crippen LogP) is 1.97. The fraction of sp³-hybridized carbons (Fsp3) is 0.429. The summed E-state index contributed by atoms with van der Waals surface area (Å²) in [5.74, 6) is 0.0652. The van der Waals surface area contributed by atoms with Gasteiger partial charge in [-0.2, -0.15) is 4.31 Å². The van der Waals surface area contributed by atoms with Gasteiger partial charge in [-0.15, -0.1) is 0 Å². The number of carbonyl (C=O) groups is 1. The number of piperidine rings is 1. The molecular weight excluding hydrogens is 404 g/mol. The number of carbonyl (C=O) groups excluding carboxylic acids is 1. The van der Waals surface area contributed by atoms with Crippen LogP contribution < -0.4 is 15.8 Å². The van der Waals surface area contributed by atoms with Gasteiger partial charge in [0.25, 0.3) is 5.56 Å². The van der Waals surface area contributed by atoms with Gasteiger partial charge in [-0.05, 0) is 55.2 Å². The zero-order valence-corrected chi connectivity index (χ0v) is 18.4. The van der Waals surface area contributed by atoms with Crippen LogP contribution in [-0.4, -0.2) is 50.4 Å². The standard InChI is InChI=1S/C21H28N4O4S/c1-16-10-13-25(14-11-16)30(28,29)19-5-4-12-24(21(19)27)15-20(26)22-17-6-8-18(9-7-17)23(2)3/h4-9,12,16H,10-11,13-15H2,1-3H3,(H,22,26). The van der Waals surface area contributed by atoms with Gasteiger partial charge in [0.05, 0.1) is 0 Å². The molecule has 0 unspecified atom stereocenters. The van der Waals surface area contributed by atoms with Crippen molar-refractivity contribution in [3.63, 3.8) is 0 Å². The third-order valence-electron chi connectivity index (χ3n) is 5.33. The minimum Gasteiger partial charge on any atom is -0.378 e. The predicted molar refractivity (Wildman–Crippen MR) is 117 cm³/mol. The Morgan fingerprint density at radius 1 is 1.13 bits per heavy atom. The van der Waals surface area contributed by atoms with Crippen LogP contribution in [0, 0.1) is 5.92 Å². The zero-order valence-electron chi connectivity index (χ0n) is 17.5. The van der Waals surface area contributed by atoms with E-state index in [1.807, 2.05) is 31.1 Å². The van der Waals surface area contributed by atoms with Gasteiger partial charge in [-0.3, -0.25) is 9.59 Å². The van der Waals surface area contributed by atoms with E-state index in [4.69, 9.17) is 0 Å². The number of pyridine rings is 1. The Kier molecular flexibility index (Phi) is 6.62. The molecule has 1 amide bonds. The average Bonchev–Trinajstić information content (AvgIpc) is 2.70. The fourth-order valence-electron chi connectivity index (χ4n) is 3.40. The molecular formula is C21H28N4O4S. The van der Waals surface area contributed by atoms with Gasteiger partial charge in [-0.1, -0.05) is 6.92 Å². The Bertz CT molecular complexity index is 1050. The largest absolute Gasteiger partial charge is 0.378 e. The number of anilines is 2. The first-order valence-corrected chi connectivity index (χ1v) is 11.4. The van der Waals surface area contributed by atoms with E-state index in [9.17, 15) is 18.0 Å². The monoisotopic (exact) mass is 432 g/mol. The number of hydrogen-bond acceptors (Lipinski definition) is 5. The van der Waals surface area contributed by atoms with Gasteiger partial charge in [0.15, 0.2) is 0 Å². The Balaban J connectivity index is 1.74. The van der Waals surface area contributed by atoms with Crippen LogP contribution in [0.4, 0.5) is 11.4 Å². The molecule has 1 saturated heterocycles. The van der Waals surface area contributed by atoms with Crippen LogP contribution in [0.3, 0.4) is 0 Å². The van der Waals surface area contributed by atoms with Crippen LogP contribution in [0.2, 0.25) is 0 Å². The number of aromatic nitrogens is 1. The lowest BCUT2D eigenvalue weighted by atomic mass is 10.0. The van der Waals surface area contributed by atoms with Gasteiger partial charge in [0.2, 0.25) is 15.9 Å². The van der Waals surface area contributed by atoms with E-state index in [-0.39, 0.29) is 11.4 Å². The molecule has 30 heavy (non-hydrogen) atoms. The third-order valence-corrected chi connectivity index (χ3v) is 7.24. The van der Waals surface area contributed by atoms with Crippen LogP contribution in [-0.2, 0) is 21.4 Å². The molecule has 8 nitrogen and oxygen atoms in total. The average molecular weight is 433 g/mol. The second kappa shape index (κ2) is 9.01. The van der Waals surface area contributed by atoms with Crippen LogP contribution in [0.5, 0.6) is 0 Å². The normalized spacial score (nSPS) is 15.7. The van der Waals surface area contributed by atoms with Gasteiger partial charge in [0, 0.05) is 44.8 Å². The Hall–Kier alpha value is -2.65. The maximum Gasteiger partial charge on any atom is 0.271 e. The van der Waals surface area contributed by atoms with E-state index in [2.05, 4.69) is 12.2 Å². The van der Waals surface area contributed by atoms with Crippen LogP contribution in [0.15, 0.2) is 52.3 Å². The molecule has 3 rings (SSSR count). The first-order valence-electron chi connectivity index (χ1n) is 9.95. The molecule has 2 aromatic rings. The summed E-state index contributed by atoms with van der Waals surface area (Å²) in [6.45, 7) is 2.63. The molecule has 1 fully saturated rings. The molecule has 162 valence electrons. The molecule has 0 atom stereocenters.